The van der Waals surface area contributed by atoms with Crippen LogP contribution in [0.3, 0.4) is 0 Å². The first-order chi connectivity index (χ1) is 26.3. The summed E-state index contributed by atoms with van der Waals surface area (Å²) in [6, 6.07) is 68.2. The van der Waals surface area contributed by atoms with Crippen LogP contribution < -0.4 is 0 Å². The van der Waals surface area contributed by atoms with Gasteiger partial charge in [0.2, 0.25) is 0 Å². The Morgan fingerprint density at radius 3 is 1.19 bits per heavy atom. The molecule has 53 heavy (non-hydrogen) atoms. The van der Waals surface area contributed by atoms with Crippen molar-refractivity contribution in [1.82, 2.24) is 19.5 Å². The highest BCUT2D eigenvalue weighted by Crippen LogP contribution is 2.38. The minimum absolute atomic E-state index is 0.645. The average molecular weight is 677 g/mol. The van der Waals surface area contributed by atoms with Crippen molar-refractivity contribution in [3.8, 4) is 62.1 Å². The van der Waals surface area contributed by atoms with E-state index in [0.29, 0.717) is 17.5 Å². The van der Waals surface area contributed by atoms with Crippen LogP contribution in [0.4, 0.5) is 0 Å². The molecule has 248 valence electrons. The van der Waals surface area contributed by atoms with Crippen LogP contribution in [0.2, 0.25) is 0 Å². The molecule has 0 saturated carbocycles. The summed E-state index contributed by atoms with van der Waals surface area (Å²) in [6.45, 7) is 0. The summed E-state index contributed by atoms with van der Waals surface area (Å²) in [4.78, 5) is 14.7. The molecule has 0 fully saturated rings. The summed E-state index contributed by atoms with van der Waals surface area (Å²) < 4.78 is 2.36. The van der Waals surface area contributed by atoms with Crippen molar-refractivity contribution in [2.24, 2.45) is 0 Å². The molecule has 0 spiro atoms. The number of nitrogens with zero attached hydrogens (tertiary/aromatic N) is 4. The summed E-state index contributed by atoms with van der Waals surface area (Å²) in [7, 11) is 0. The predicted octanol–water partition coefficient (Wildman–Crippen LogP) is 12.5. The van der Waals surface area contributed by atoms with E-state index in [1.54, 1.807) is 0 Å². The standard InChI is InChI=1S/C49H32N4/c1-3-13-36(14-4-1)47-50-48(37-15-5-2-6-16-37)52-49(51-47)38-27-25-33(26-28-38)40-21-11-17-35-18-12-22-41(46(35)40)34-29-31-39(32-30-34)53-44-23-9-7-19-42(44)43-20-8-10-24-45(43)53/h1-32H. The molecule has 10 aromatic rings. The summed E-state index contributed by atoms with van der Waals surface area (Å²) in [5.74, 6) is 1.95. The zero-order valence-corrected chi connectivity index (χ0v) is 28.8. The Balaban J connectivity index is 1.04. The fourth-order valence-electron chi connectivity index (χ4n) is 7.55. The molecule has 0 bridgehead atoms. The van der Waals surface area contributed by atoms with E-state index in [2.05, 4.69) is 138 Å². The molecule has 0 aliphatic heterocycles. The largest absolute Gasteiger partial charge is 0.309 e. The molecule has 2 aromatic heterocycles. The third-order valence-electron chi connectivity index (χ3n) is 10.1. The van der Waals surface area contributed by atoms with Gasteiger partial charge < -0.3 is 4.57 Å². The molecule has 0 unspecified atom stereocenters. The quantitative estimate of drug-likeness (QED) is 0.176. The van der Waals surface area contributed by atoms with Crippen LogP contribution in [0.25, 0.3) is 94.7 Å². The van der Waals surface area contributed by atoms with Crippen molar-refractivity contribution in [3.63, 3.8) is 0 Å². The van der Waals surface area contributed by atoms with E-state index < -0.39 is 0 Å². The zero-order chi connectivity index (χ0) is 35.1. The summed E-state index contributed by atoms with van der Waals surface area (Å²) >= 11 is 0. The predicted molar refractivity (Wildman–Crippen MR) is 219 cm³/mol. The third-order valence-corrected chi connectivity index (χ3v) is 10.1. The molecule has 0 aliphatic rings. The second-order valence-corrected chi connectivity index (χ2v) is 13.2. The lowest BCUT2D eigenvalue weighted by Gasteiger charge is -2.14. The number of para-hydroxylation sites is 2. The molecule has 8 aromatic carbocycles. The molecule has 2 heterocycles. The first-order valence-electron chi connectivity index (χ1n) is 17.9. The maximum atomic E-state index is 4.94. The molecular formula is C49H32N4. The number of benzene rings is 8. The Hall–Kier alpha value is -7.17. The Labute approximate surface area is 307 Å². The van der Waals surface area contributed by atoms with Crippen LogP contribution >= 0.6 is 0 Å². The zero-order valence-electron chi connectivity index (χ0n) is 28.8. The lowest BCUT2D eigenvalue weighted by Crippen LogP contribution is -2.00. The van der Waals surface area contributed by atoms with Crippen molar-refractivity contribution in [3.05, 3.63) is 194 Å². The van der Waals surface area contributed by atoms with Crippen molar-refractivity contribution in [2.75, 3.05) is 0 Å². The number of rotatable bonds is 6. The van der Waals surface area contributed by atoms with Crippen LogP contribution in [0.15, 0.2) is 194 Å². The maximum absolute atomic E-state index is 4.94. The Kier molecular flexibility index (Phi) is 7.43. The molecule has 0 N–H and O–H groups in total. The highest BCUT2D eigenvalue weighted by Gasteiger charge is 2.15. The van der Waals surface area contributed by atoms with Gasteiger partial charge in [-0.3, -0.25) is 0 Å². The highest BCUT2D eigenvalue weighted by molar-refractivity contribution is 6.09. The van der Waals surface area contributed by atoms with Gasteiger partial charge in [0.1, 0.15) is 0 Å². The van der Waals surface area contributed by atoms with Gasteiger partial charge in [0, 0.05) is 33.2 Å². The first-order valence-corrected chi connectivity index (χ1v) is 17.9. The van der Waals surface area contributed by atoms with Gasteiger partial charge in [-0.05, 0) is 57.3 Å². The highest BCUT2D eigenvalue weighted by atomic mass is 15.0. The van der Waals surface area contributed by atoms with E-state index in [-0.39, 0.29) is 0 Å². The van der Waals surface area contributed by atoms with Crippen LogP contribution in [0, 0.1) is 0 Å². The van der Waals surface area contributed by atoms with Crippen LogP contribution in [-0.2, 0) is 0 Å². The van der Waals surface area contributed by atoms with Gasteiger partial charge in [-0.2, -0.15) is 0 Å². The van der Waals surface area contributed by atoms with Gasteiger partial charge in [-0.15, -0.1) is 0 Å². The minimum Gasteiger partial charge on any atom is -0.309 e. The second kappa shape index (κ2) is 12.9. The van der Waals surface area contributed by atoms with Gasteiger partial charge in [0.25, 0.3) is 0 Å². The van der Waals surface area contributed by atoms with Crippen LogP contribution in [0.5, 0.6) is 0 Å². The van der Waals surface area contributed by atoms with E-state index >= 15 is 0 Å². The summed E-state index contributed by atoms with van der Waals surface area (Å²) in [5, 5.41) is 4.96. The molecule has 0 saturated heterocycles. The molecule has 4 nitrogen and oxygen atoms in total. The second-order valence-electron chi connectivity index (χ2n) is 13.2. The molecule has 4 heteroatoms. The third kappa shape index (κ3) is 5.45. The van der Waals surface area contributed by atoms with Crippen molar-refractivity contribution >= 4 is 32.6 Å². The normalized spacial score (nSPS) is 11.4. The minimum atomic E-state index is 0.645. The van der Waals surface area contributed by atoms with Crippen molar-refractivity contribution in [2.45, 2.75) is 0 Å². The molecule has 0 radical (unpaired) electrons. The lowest BCUT2D eigenvalue weighted by atomic mass is 9.91. The van der Waals surface area contributed by atoms with E-state index in [0.717, 1.165) is 27.9 Å². The fraction of sp³-hybridized carbons (Fsp3) is 0. The number of fused-ring (bicyclic) bond motifs is 4. The monoisotopic (exact) mass is 676 g/mol. The van der Waals surface area contributed by atoms with Gasteiger partial charge in [0.05, 0.1) is 11.0 Å². The topological polar surface area (TPSA) is 43.6 Å². The lowest BCUT2D eigenvalue weighted by molar-refractivity contribution is 1.07. The van der Waals surface area contributed by atoms with E-state index in [4.69, 9.17) is 15.0 Å². The number of hydrogen-bond acceptors (Lipinski definition) is 3. The van der Waals surface area contributed by atoms with Gasteiger partial charge in [-0.1, -0.05) is 170 Å². The average Bonchev–Trinajstić information content (AvgIpc) is 3.58. The Morgan fingerprint density at radius 2 is 0.698 bits per heavy atom. The molecular weight excluding hydrogens is 645 g/mol. The molecule has 0 atom stereocenters. The first kappa shape index (κ1) is 30.6. The number of aromatic nitrogens is 4. The fourth-order valence-corrected chi connectivity index (χ4v) is 7.55. The summed E-state index contributed by atoms with van der Waals surface area (Å²) in [6.07, 6.45) is 0. The van der Waals surface area contributed by atoms with Gasteiger partial charge in [-0.25, -0.2) is 15.0 Å². The van der Waals surface area contributed by atoms with Crippen LogP contribution in [-0.4, -0.2) is 19.5 Å². The maximum Gasteiger partial charge on any atom is 0.164 e. The van der Waals surface area contributed by atoms with E-state index in [1.165, 1.54) is 49.3 Å². The van der Waals surface area contributed by atoms with Gasteiger partial charge in [0.15, 0.2) is 17.5 Å². The Morgan fingerprint density at radius 1 is 0.302 bits per heavy atom. The molecule has 0 amide bonds. The van der Waals surface area contributed by atoms with Crippen molar-refractivity contribution in [1.29, 1.82) is 0 Å². The molecule has 0 aliphatic carbocycles. The smallest absolute Gasteiger partial charge is 0.164 e. The van der Waals surface area contributed by atoms with E-state index in [9.17, 15) is 0 Å². The van der Waals surface area contributed by atoms with Gasteiger partial charge >= 0.3 is 0 Å². The van der Waals surface area contributed by atoms with Crippen LogP contribution in [0.1, 0.15) is 0 Å². The number of hydrogen-bond donors (Lipinski definition) is 0. The SMILES string of the molecule is c1ccc(-c2nc(-c3ccccc3)nc(-c3ccc(-c4cccc5cccc(-c6ccc(-n7c8ccccc8c8ccccc87)cc6)c45)cc3)n2)cc1. The summed E-state index contributed by atoms with van der Waals surface area (Å²) in [5.41, 5.74) is 11.1. The van der Waals surface area contributed by atoms with E-state index in [1.807, 2.05) is 60.7 Å². The molecule has 10 rings (SSSR count). The Bertz CT molecular complexity index is 2800. The van der Waals surface area contributed by atoms with Crippen molar-refractivity contribution < 1.29 is 0 Å².